The quantitative estimate of drug-likeness (QED) is 0.530. The summed E-state index contributed by atoms with van der Waals surface area (Å²) in [5, 5.41) is 6.20. The summed E-state index contributed by atoms with van der Waals surface area (Å²) in [4.78, 5) is 27.2. The Bertz CT molecular complexity index is 1120. The van der Waals surface area contributed by atoms with E-state index in [4.69, 9.17) is 0 Å². The molecule has 2 atom stereocenters. The summed E-state index contributed by atoms with van der Waals surface area (Å²) in [5.41, 5.74) is -1.000. The maximum Gasteiger partial charge on any atom is 0.417 e. The maximum atomic E-state index is 12.9. The van der Waals surface area contributed by atoms with Crippen LogP contribution in [0.2, 0.25) is 0 Å². The number of amides is 2. The number of carbonyl (C=O) groups excluding carboxylic acids is 2. The number of piperazine rings is 2. The van der Waals surface area contributed by atoms with Crippen molar-refractivity contribution in [1.29, 1.82) is 0 Å². The van der Waals surface area contributed by atoms with Gasteiger partial charge in [0.25, 0.3) is 11.8 Å². The van der Waals surface area contributed by atoms with Crippen molar-refractivity contribution in [3.63, 3.8) is 0 Å². The molecular formula is C24H22F6N4O2. The number of nitrogens with one attached hydrogen (secondary N) is 2. The molecule has 0 saturated carbocycles. The summed E-state index contributed by atoms with van der Waals surface area (Å²) in [6, 6.07) is 7.39. The van der Waals surface area contributed by atoms with E-state index in [9.17, 15) is 35.9 Å². The van der Waals surface area contributed by atoms with Crippen molar-refractivity contribution in [1.82, 2.24) is 20.4 Å². The van der Waals surface area contributed by atoms with Crippen LogP contribution in [-0.4, -0.2) is 60.9 Å². The molecule has 2 amide bonds. The number of nitrogens with zero attached hydrogens (tertiary/aromatic N) is 2. The van der Waals surface area contributed by atoms with Gasteiger partial charge in [-0.25, -0.2) is 0 Å². The Labute approximate surface area is 202 Å². The normalized spacial score (nSPS) is 22.9. The van der Waals surface area contributed by atoms with E-state index in [0.717, 1.165) is 12.1 Å². The molecule has 4 aliphatic heterocycles. The van der Waals surface area contributed by atoms with Gasteiger partial charge < -0.3 is 20.4 Å². The Morgan fingerprint density at radius 1 is 0.667 bits per heavy atom. The van der Waals surface area contributed by atoms with Crippen molar-refractivity contribution in [2.45, 2.75) is 24.4 Å². The van der Waals surface area contributed by atoms with Crippen LogP contribution in [0.15, 0.2) is 36.4 Å². The van der Waals surface area contributed by atoms with Crippen LogP contribution in [0, 0.1) is 0 Å². The zero-order chi connectivity index (χ0) is 25.8. The van der Waals surface area contributed by atoms with Crippen LogP contribution in [0.25, 0.3) is 0 Å². The highest BCUT2D eigenvalue weighted by Crippen LogP contribution is 2.43. The van der Waals surface area contributed by atoms with E-state index in [1.54, 1.807) is 12.1 Å². The van der Waals surface area contributed by atoms with Crippen molar-refractivity contribution in [2.24, 2.45) is 0 Å². The second kappa shape index (κ2) is 8.77. The van der Waals surface area contributed by atoms with Crippen LogP contribution in [0.1, 0.15) is 55.1 Å². The Balaban J connectivity index is 0.000000148. The topological polar surface area (TPSA) is 64.7 Å². The Morgan fingerprint density at radius 3 is 1.42 bits per heavy atom. The molecule has 192 valence electrons. The Hall–Kier alpha value is -3.12. The average molecular weight is 512 g/mol. The second-order valence-electron chi connectivity index (χ2n) is 8.97. The Kier molecular flexibility index (Phi) is 5.98. The maximum absolute atomic E-state index is 12.9. The fourth-order valence-electron chi connectivity index (χ4n) is 5.38. The summed E-state index contributed by atoms with van der Waals surface area (Å²) < 4.78 is 77.4. The predicted molar refractivity (Wildman–Crippen MR) is 116 cm³/mol. The van der Waals surface area contributed by atoms with Gasteiger partial charge in [-0.3, -0.25) is 9.59 Å². The molecule has 0 radical (unpaired) electrons. The van der Waals surface area contributed by atoms with E-state index in [2.05, 4.69) is 10.6 Å². The lowest BCUT2D eigenvalue weighted by Crippen LogP contribution is -2.44. The molecule has 0 spiro atoms. The molecule has 2 unspecified atom stereocenters. The molecular weight excluding hydrogens is 490 g/mol. The minimum atomic E-state index is -4.48. The fraction of sp³-hybridized carbons (Fsp3) is 0.417. The van der Waals surface area contributed by atoms with Crippen molar-refractivity contribution in [3.05, 3.63) is 69.8 Å². The standard InChI is InChI=1S/2C12H11F3N2O/c2*13-12(14,15)8-3-1-2-7-9-6-16-4-5-17(9)11(18)10(7)8/h2*1-3,9,16H,4-6H2. The first-order valence-corrected chi connectivity index (χ1v) is 11.4. The van der Waals surface area contributed by atoms with Gasteiger partial charge in [0.15, 0.2) is 0 Å². The van der Waals surface area contributed by atoms with Gasteiger partial charge in [0, 0.05) is 39.3 Å². The molecule has 6 nitrogen and oxygen atoms in total. The van der Waals surface area contributed by atoms with E-state index < -0.39 is 35.3 Å². The zero-order valence-electron chi connectivity index (χ0n) is 18.8. The van der Waals surface area contributed by atoms with Gasteiger partial charge in [-0.15, -0.1) is 0 Å². The number of hydrogen-bond donors (Lipinski definition) is 2. The van der Waals surface area contributed by atoms with Crippen LogP contribution < -0.4 is 10.6 Å². The largest absolute Gasteiger partial charge is 0.417 e. The minimum absolute atomic E-state index is 0.168. The highest BCUT2D eigenvalue weighted by atomic mass is 19.4. The lowest BCUT2D eigenvalue weighted by atomic mass is 9.99. The van der Waals surface area contributed by atoms with Crippen molar-refractivity contribution >= 4 is 11.8 Å². The monoisotopic (exact) mass is 512 g/mol. The van der Waals surface area contributed by atoms with E-state index in [-0.39, 0.29) is 23.2 Å². The molecule has 36 heavy (non-hydrogen) atoms. The van der Waals surface area contributed by atoms with Crippen LogP contribution in [0.4, 0.5) is 26.3 Å². The number of halogens is 6. The third kappa shape index (κ3) is 4.01. The average Bonchev–Trinajstić information content (AvgIpc) is 3.31. The van der Waals surface area contributed by atoms with Gasteiger partial charge in [0.2, 0.25) is 0 Å². The molecule has 2 aromatic carbocycles. The number of carbonyl (C=O) groups is 2. The number of alkyl halides is 6. The summed E-state index contributed by atoms with van der Waals surface area (Å²) in [5.74, 6) is -0.992. The molecule has 2 saturated heterocycles. The smallest absolute Gasteiger partial charge is 0.329 e. The van der Waals surface area contributed by atoms with Crippen molar-refractivity contribution in [2.75, 3.05) is 39.3 Å². The van der Waals surface area contributed by atoms with Gasteiger partial charge >= 0.3 is 12.4 Å². The fourth-order valence-corrected chi connectivity index (χ4v) is 5.38. The van der Waals surface area contributed by atoms with Gasteiger partial charge in [0.05, 0.1) is 34.3 Å². The third-order valence-corrected chi connectivity index (χ3v) is 6.96. The molecule has 2 fully saturated rings. The molecule has 4 heterocycles. The van der Waals surface area contributed by atoms with Crippen LogP contribution in [-0.2, 0) is 12.4 Å². The van der Waals surface area contributed by atoms with E-state index >= 15 is 0 Å². The number of rotatable bonds is 0. The molecule has 4 aliphatic rings. The molecule has 12 heteroatoms. The number of benzene rings is 2. The molecule has 0 bridgehead atoms. The van der Waals surface area contributed by atoms with Crippen LogP contribution in [0.5, 0.6) is 0 Å². The summed E-state index contributed by atoms with van der Waals surface area (Å²) >= 11 is 0. The number of hydrogen-bond acceptors (Lipinski definition) is 4. The molecule has 2 aromatic rings. The lowest BCUT2D eigenvalue weighted by Gasteiger charge is -2.30. The summed E-state index contributed by atoms with van der Waals surface area (Å²) in [6.45, 7) is 3.18. The molecule has 2 N–H and O–H groups in total. The first-order chi connectivity index (χ1) is 17.0. The van der Waals surface area contributed by atoms with Gasteiger partial charge in [-0.2, -0.15) is 26.3 Å². The minimum Gasteiger partial charge on any atom is -0.329 e. The zero-order valence-corrected chi connectivity index (χ0v) is 18.8. The van der Waals surface area contributed by atoms with Crippen molar-refractivity contribution in [3.8, 4) is 0 Å². The lowest BCUT2D eigenvalue weighted by molar-refractivity contribution is -0.138. The molecule has 6 rings (SSSR count). The second-order valence-corrected chi connectivity index (χ2v) is 8.97. The van der Waals surface area contributed by atoms with Gasteiger partial charge in [-0.05, 0) is 23.3 Å². The third-order valence-electron chi connectivity index (χ3n) is 6.96. The van der Waals surface area contributed by atoms with E-state index in [0.29, 0.717) is 50.4 Å². The SMILES string of the molecule is O=C1c2c(cccc2C(F)(F)F)C2CNCCN12.O=C1c2c(cccc2C(F)(F)F)C2CNCCN12. The van der Waals surface area contributed by atoms with Gasteiger partial charge in [-0.1, -0.05) is 24.3 Å². The summed E-state index contributed by atoms with van der Waals surface area (Å²) in [7, 11) is 0. The molecule has 0 aromatic heterocycles. The molecule has 0 aliphatic carbocycles. The Morgan fingerprint density at radius 2 is 1.06 bits per heavy atom. The predicted octanol–water partition coefficient (Wildman–Crippen LogP) is 3.61. The highest BCUT2D eigenvalue weighted by molar-refractivity contribution is 6.01. The highest BCUT2D eigenvalue weighted by Gasteiger charge is 2.46. The van der Waals surface area contributed by atoms with E-state index in [1.165, 1.54) is 21.9 Å². The van der Waals surface area contributed by atoms with Crippen molar-refractivity contribution < 1.29 is 35.9 Å². The first kappa shape index (κ1) is 24.6. The number of fused-ring (bicyclic) bond motifs is 6. The van der Waals surface area contributed by atoms with Gasteiger partial charge in [0.1, 0.15) is 0 Å². The first-order valence-electron chi connectivity index (χ1n) is 11.4. The van der Waals surface area contributed by atoms with Crippen LogP contribution >= 0.6 is 0 Å². The van der Waals surface area contributed by atoms with Crippen LogP contribution in [0.3, 0.4) is 0 Å². The summed E-state index contributed by atoms with van der Waals surface area (Å²) in [6.07, 6.45) is -8.97. The van der Waals surface area contributed by atoms with E-state index in [1.807, 2.05) is 0 Å².